The van der Waals surface area contributed by atoms with E-state index in [1.54, 1.807) is 83.2 Å². The molecule has 10 aliphatic rings. The molecule has 0 aromatic heterocycles. The predicted octanol–water partition coefficient (Wildman–Crippen LogP) is 18.1. The smallest absolute Gasteiger partial charge is 0.168 e. The Bertz CT molecular complexity index is 5220. The van der Waals surface area contributed by atoms with E-state index in [-0.39, 0.29) is 150 Å². The first-order valence-electron chi connectivity index (χ1n) is 40.4. The SMILES string of the molecule is C.CCN1CCc2cc(OC)cc3c2[C@H]1Cc1ccc(O)c(OC)c1-3.CCN1CCc2cc(OC)cc3c2[C@H]1Cc1cccc(OC)c1-3.COc1cc2c3c(c1)-c1c(ccc(O)c1OC)C[C@H]3N(C)CC2.COc1cc2c3c(c1)-c1c(cccc1OC)C[C@H]3N(C)CC2.COc1cc2c3c(c1)-c1c(cccc1OC)C[C@H]3N(C)CC2.[Y].[Y].[Y].[Y]. The zero-order valence-corrected chi connectivity index (χ0v) is 82.6. The van der Waals surface area contributed by atoms with Crippen molar-refractivity contribution in [1.82, 2.24) is 24.5 Å². The molecule has 10 aromatic rings. The number of benzene rings is 10. The molecule has 5 aliphatic carbocycles. The number of phenols is 2. The number of rotatable bonds is 12. The average Bonchev–Trinajstić information content (AvgIpc) is 0.756. The van der Waals surface area contributed by atoms with Crippen LogP contribution in [0.5, 0.6) is 69.0 Å². The van der Waals surface area contributed by atoms with Gasteiger partial charge in [0.25, 0.3) is 0 Å². The van der Waals surface area contributed by atoms with Gasteiger partial charge in [-0.25, -0.2) is 0 Å². The molecule has 0 spiro atoms. The van der Waals surface area contributed by atoms with Crippen LogP contribution in [0.4, 0.5) is 0 Å². The van der Waals surface area contributed by atoms with Crippen LogP contribution in [0.3, 0.4) is 0 Å². The monoisotopic (exact) mass is 1910 g/mol. The molecule has 0 amide bonds. The molecule has 20 rings (SSSR count). The zero-order chi connectivity index (χ0) is 79.5. The Kier molecular flexibility index (Phi) is 31.8. The number of phenolic OH excluding ortho intramolecular Hbond substituents is 2. The minimum absolute atomic E-state index is 0. The predicted molar refractivity (Wildman–Crippen MR) is 458 cm³/mol. The molecule has 4 radical (unpaired) electrons. The van der Waals surface area contributed by atoms with Crippen LogP contribution in [0.15, 0.2) is 140 Å². The molecule has 5 heterocycles. The molecule has 0 saturated carbocycles. The Hall–Kier alpha value is -5.98. The van der Waals surface area contributed by atoms with E-state index in [4.69, 9.17) is 47.4 Å². The van der Waals surface area contributed by atoms with Gasteiger partial charge in [-0.05, 0) is 301 Å². The first-order valence-corrected chi connectivity index (χ1v) is 40.4. The second-order valence-corrected chi connectivity index (χ2v) is 31.6. The summed E-state index contributed by atoms with van der Waals surface area (Å²) in [5.41, 5.74) is 32.6. The fourth-order valence-electron chi connectivity index (χ4n) is 20.5. The third kappa shape index (κ3) is 17.4. The summed E-state index contributed by atoms with van der Waals surface area (Å²) in [6, 6.07) is 50.5. The van der Waals surface area contributed by atoms with Crippen LogP contribution in [0, 0.1) is 0 Å². The van der Waals surface area contributed by atoms with Crippen LogP contribution < -0.4 is 47.4 Å². The van der Waals surface area contributed by atoms with Crippen molar-refractivity contribution in [2.45, 2.75) is 116 Å². The quantitative estimate of drug-likeness (QED) is 0.119. The van der Waals surface area contributed by atoms with Crippen molar-refractivity contribution in [2.75, 3.05) is 138 Å². The minimum Gasteiger partial charge on any atom is -0.504 e. The molecule has 5 atom stereocenters. The fourth-order valence-corrected chi connectivity index (χ4v) is 20.5. The Morgan fingerprint density at radius 1 is 0.286 bits per heavy atom. The second-order valence-electron chi connectivity index (χ2n) is 31.6. The van der Waals surface area contributed by atoms with Gasteiger partial charge in [-0.2, -0.15) is 0 Å². The second kappa shape index (κ2) is 40.3. The number of nitrogens with zero attached hydrogens (tertiary/aromatic N) is 5. The summed E-state index contributed by atoms with van der Waals surface area (Å²) < 4.78 is 55.7. The van der Waals surface area contributed by atoms with Crippen molar-refractivity contribution in [3.05, 3.63) is 223 Å². The molecule has 5 aliphatic heterocycles. The van der Waals surface area contributed by atoms with Gasteiger partial charge in [0, 0.05) is 222 Å². The first kappa shape index (κ1) is 93.7. The van der Waals surface area contributed by atoms with Crippen molar-refractivity contribution in [1.29, 1.82) is 0 Å². The molecule has 0 saturated heterocycles. The maximum Gasteiger partial charge on any atom is 0.168 e. The normalized spacial score (nSPS) is 18.3. The van der Waals surface area contributed by atoms with E-state index in [1.165, 1.54) is 117 Å². The van der Waals surface area contributed by atoms with E-state index in [2.05, 4.69) is 175 Å². The molecule has 0 bridgehead atoms. The van der Waals surface area contributed by atoms with Crippen LogP contribution in [0.1, 0.15) is 135 Å². The van der Waals surface area contributed by atoms with E-state index >= 15 is 0 Å². The number of hydrogen-bond donors (Lipinski definition) is 2. The summed E-state index contributed by atoms with van der Waals surface area (Å²) in [6.07, 6.45) is 10.4. The fraction of sp³-hybridized carbons (Fsp3) is 0.388. The standard InChI is InChI=1S/C20H23NO3.C20H23NO2.C19H21NO3.2C19H21NO2.CH4.4Y/c1-4-21-8-7-13-9-14(23-2)11-15-18(13)16(21)10-12-5-6-17(22)20(24-3)19(12)15;1-4-21-9-8-14-10-15(22-2)12-16-19(14)17(21)11-13-6-5-7-18(23-3)20(13)16;1-20-7-6-12-8-13(22-2)10-14-17(12)15(20)9-11-4-5-16(21)19(23-3)18(11)14;2*1-20-8-7-13-9-14(21-2)11-15-18(13)16(20)10-12-5-4-6-17(22-3)19(12)15;;;;;/h5-6,9,11,16,22H,4,7-8,10H2,1-3H3;5-7,10,12,17H,4,8-9,11H2,1-3H3;4-5,8,10,15,21H,6-7,9H2,1-3H3;2*4-6,9,11,16H,7-8,10H2,1-3H3;1H4;;;;/t16-;17-;15-;2*16-;;;;;/m11111...../s1. The van der Waals surface area contributed by atoms with E-state index in [0.717, 1.165) is 178 Å². The van der Waals surface area contributed by atoms with Crippen molar-refractivity contribution in [3.8, 4) is 125 Å². The molecule has 21 heteroatoms. The van der Waals surface area contributed by atoms with E-state index in [1.807, 2.05) is 12.1 Å². The van der Waals surface area contributed by atoms with Gasteiger partial charge in [-0.3, -0.25) is 24.5 Å². The summed E-state index contributed by atoms with van der Waals surface area (Å²) in [6.45, 7) is 12.1. The molecule has 614 valence electrons. The summed E-state index contributed by atoms with van der Waals surface area (Å²) >= 11 is 0. The molecule has 119 heavy (non-hydrogen) atoms. The van der Waals surface area contributed by atoms with Crippen LogP contribution in [-0.4, -0.2) is 173 Å². The molecule has 10 aromatic carbocycles. The summed E-state index contributed by atoms with van der Waals surface area (Å²) in [4.78, 5) is 12.5. The van der Waals surface area contributed by atoms with Crippen LogP contribution >= 0.6 is 0 Å². The molecule has 0 unspecified atom stereocenters. The van der Waals surface area contributed by atoms with Crippen LogP contribution in [0.25, 0.3) is 55.6 Å². The van der Waals surface area contributed by atoms with E-state index in [0.29, 0.717) is 41.7 Å². The zero-order valence-electron chi connectivity index (χ0n) is 71.2. The van der Waals surface area contributed by atoms with Gasteiger partial charge >= 0.3 is 0 Å². The molecular weight excluding hydrogens is 1790 g/mol. The summed E-state index contributed by atoms with van der Waals surface area (Å²) in [5, 5.41) is 20.5. The van der Waals surface area contributed by atoms with Gasteiger partial charge < -0.3 is 57.6 Å². The molecule has 0 fully saturated rings. The molecule has 2 N–H and O–H groups in total. The van der Waals surface area contributed by atoms with Crippen molar-refractivity contribution in [3.63, 3.8) is 0 Å². The van der Waals surface area contributed by atoms with Crippen molar-refractivity contribution in [2.24, 2.45) is 0 Å². The van der Waals surface area contributed by atoms with Gasteiger partial charge in [-0.1, -0.05) is 69.8 Å². The van der Waals surface area contributed by atoms with Crippen LogP contribution in [-0.2, 0) is 195 Å². The number of hydrogen-bond acceptors (Lipinski definition) is 17. The van der Waals surface area contributed by atoms with Gasteiger partial charge in [0.1, 0.15) is 46.0 Å². The average molecular weight is 1910 g/mol. The maximum atomic E-state index is 10.3. The summed E-state index contributed by atoms with van der Waals surface area (Å²) in [7, 11) is 23.8. The Morgan fingerprint density at radius 3 is 0.782 bits per heavy atom. The van der Waals surface area contributed by atoms with Gasteiger partial charge in [0.15, 0.2) is 23.0 Å². The number of aromatic hydroxyl groups is 2. The topological polar surface area (TPSA) is 149 Å². The molecular formula is C98H113N5O12Y4. The van der Waals surface area contributed by atoms with Gasteiger partial charge in [0.2, 0.25) is 0 Å². The van der Waals surface area contributed by atoms with Crippen molar-refractivity contribution >= 4 is 0 Å². The first-order chi connectivity index (χ1) is 55.5. The Morgan fingerprint density at radius 2 is 0.529 bits per heavy atom. The molecule has 17 nitrogen and oxygen atoms in total. The van der Waals surface area contributed by atoms with Gasteiger partial charge in [0.05, 0.1) is 71.1 Å². The Balaban J connectivity index is 0.000000144. The third-order valence-electron chi connectivity index (χ3n) is 26.1. The minimum atomic E-state index is 0. The van der Waals surface area contributed by atoms with Crippen molar-refractivity contribution < 1.29 is 188 Å². The van der Waals surface area contributed by atoms with Crippen LogP contribution in [0.2, 0.25) is 0 Å². The number of likely N-dealkylation sites (N-methyl/N-ethyl adjacent to an activating group) is 5. The van der Waals surface area contributed by atoms with Gasteiger partial charge in [-0.15, -0.1) is 0 Å². The number of methoxy groups -OCH3 is 10. The number of fused-ring (bicyclic) bond motifs is 10. The largest absolute Gasteiger partial charge is 0.504 e. The van der Waals surface area contributed by atoms with E-state index in [9.17, 15) is 10.2 Å². The summed E-state index contributed by atoms with van der Waals surface area (Å²) in [5.74, 6) is 8.93. The third-order valence-corrected chi connectivity index (χ3v) is 26.1. The Labute approximate surface area is 805 Å². The van der Waals surface area contributed by atoms with E-state index < -0.39 is 0 Å². The maximum absolute atomic E-state index is 10.3. The number of ether oxygens (including phenoxy) is 10.